The van der Waals surface area contributed by atoms with E-state index in [0.717, 1.165) is 38.3 Å². The Morgan fingerprint density at radius 1 is 0.833 bits per heavy atom. The van der Waals surface area contributed by atoms with Gasteiger partial charge in [-0.25, -0.2) is 0 Å². The van der Waals surface area contributed by atoms with Crippen LogP contribution in [0, 0.1) is 52.3 Å². The SMILES string of the molecule is CC(C)NCCN[C@@H]1CC[C@]2(C)C3CC[C@@]4(C)C(CC[C@@H]4[C@H](C)CC[C@@H](O)C(C)C)C3[C@H](O)C[C@H]2C1. The molecular weight excluding hydrogens is 444 g/mol. The molecule has 0 aromatic carbocycles. The fourth-order valence-electron chi connectivity index (χ4n) is 9.99. The summed E-state index contributed by atoms with van der Waals surface area (Å²) < 4.78 is 0. The minimum atomic E-state index is -0.165. The molecule has 0 spiro atoms. The molecule has 36 heavy (non-hydrogen) atoms. The highest BCUT2D eigenvalue weighted by Gasteiger charge is 2.62. The summed E-state index contributed by atoms with van der Waals surface area (Å²) in [7, 11) is 0. The smallest absolute Gasteiger partial charge is 0.0577 e. The minimum absolute atomic E-state index is 0.115. The molecule has 0 aliphatic heterocycles. The van der Waals surface area contributed by atoms with E-state index in [1.165, 1.54) is 44.9 Å². The number of hydrogen-bond acceptors (Lipinski definition) is 4. The van der Waals surface area contributed by atoms with E-state index in [9.17, 15) is 10.2 Å². The third kappa shape index (κ3) is 5.58. The number of rotatable bonds is 10. The summed E-state index contributed by atoms with van der Waals surface area (Å²) in [4.78, 5) is 0. The van der Waals surface area contributed by atoms with Gasteiger partial charge in [-0.2, -0.15) is 0 Å². The molecule has 0 aromatic rings. The molecule has 0 saturated heterocycles. The van der Waals surface area contributed by atoms with Gasteiger partial charge in [0.05, 0.1) is 12.2 Å². The van der Waals surface area contributed by atoms with Crippen LogP contribution in [0.4, 0.5) is 0 Å². The first-order valence-electron chi connectivity index (χ1n) is 15.8. The molecule has 0 radical (unpaired) electrons. The molecule has 4 fully saturated rings. The van der Waals surface area contributed by atoms with Gasteiger partial charge >= 0.3 is 0 Å². The third-order valence-electron chi connectivity index (χ3n) is 12.2. The Balaban J connectivity index is 1.39. The van der Waals surface area contributed by atoms with Gasteiger partial charge in [-0.05, 0) is 116 Å². The van der Waals surface area contributed by atoms with Gasteiger partial charge in [0, 0.05) is 25.2 Å². The van der Waals surface area contributed by atoms with Crippen molar-refractivity contribution in [1.29, 1.82) is 0 Å². The topological polar surface area (TPSA) is 64.5 Å². The average Bonchev–Trinajstić information content (AvgIpc) is 3.17. The Labute approximate surface area is 223 Å². The second kappa shape index (κ2) is 11.5. The summed E-state index contributed by atoms with van der Waals surface area (Å²) in [5.41, 5.74) is 0.778. The van der Waals surface area contributed by atoms with Crippen molar-refractivity contribution in [2.45, 2.75) is 137 Å². The molecule has 0 aromatic heterocycles. The van der Waals surface area contributed by atoms with Crippen LogP contribution in [0.5, 0.6) is 0 Å². The highest BCUT2D eigenvalue weighted by Crippen LogP contribution is 2.68. The standard InChI is InChI=1S/C32H60N2O2/c1-20(2)28(35)11-8-22(5)25-9-10-26-30-27(13-15-32(25,26)7)31(6)14-12-24(18-23(31)19-29(30)36)34-17-16-33-21(3)4/h20-30,33-36H,8-19H2,1-7H3/t22-,23-,24-,25-,26?,27?,28-,29-,30?,31+,32-/m1/s1. The third-order valence-corrected chi connectivity index (χ3v) is 12.2. The van der Waals surface area contributed by atoms with Crippen molar-refractivity contribution in [2.24, 2.45) is 52.3 Å². The van der Waals surface area contributed by atoms with Gasteiger partial charge in [-0.3, -0.25) is 0 Å². The molecule has 4 aliphatic carbocycles. The van der Waals surface area contributed by atoms with E-state index < -0.39 is 0 Å². The van der Waals surface area contributed by atoms with Crippen molar-refractivity contribution in [3.63, 3.8) is 0 Å². The van der Waals surface area contributed by atoms with Crippen molar-refractivity contribution < 1.29 is 10.2 Å². The molecule has 4 N–H and O–H groups in total. The first kappa shape index (κ1) is 28.8. The second-order valence-electron chi connectivity index (χ2n) is 14.9. The monoisotopic (exact) mass is 504 g/mol. The maximum absolute atomic E-state index is 11.7. The van der Waals surface area contributed by atoms with Crippen LogP contribution in [-0.2, 0) is 0 Å². The van der Waals surface area contributed by atoms with E-state index in [-0.39, 0.29) is 12.2 Å². The van der Waals surface area contributed by atoms with Gasteiger partial charge in [0.1, 0.15) is 0 Å². The highest BCUT2D eigenvalue weighted by atomic mass is 16.3. The van der Waals surface area contributed by atoms with E-state index in [0.29, 0.717) is 58.4 Å². The molecular formula is C32H60N2O2. The molecule has 210 valence electrons. The van der Waals surface area contributed by atoms with Gasteiger partial charge in [-0.1, -0.05) is 48.5 Å². The van der Waals surface area contributed by atoms with Gasteiger partial charge in [-0.15, -0.1) is 0 Å². The zero-order valence-corrected chi connectivity index (χ0v) is 24.7. The molecule has 0 amide bonds. The number of nitrogens with one attached hydrogen (secondary N) is 2. The van der Waals surface area contributed by atoms with Crippen LogP contribution in [0.2, 0.25) is 0 Å². The van der Waals surface area contributed by atoms with E-state index in [4.69, 9.17) is 0 Å². The van der Waals surface area contributed by atoms with Gasteiger partial charge in [0.15, 0.2) is 0 Å². The summed E-state index contributed by atoms with van der Waals surface area (Å²) in [6.45, 7) is 18.4. The van der Waals surface area contributed by atoms with Crippen LogP contribution in [0.25, 0.3) is 0 Å². The Kier molecular flexibility index (Phi) is 9.23. The zero-order valence-electron chi connectivity index (χ0n) is 24.7. The van der Waals surface area contributed by atoms with E-state index in [1.54, 1.807) is 0 Å². The van der Waals surface area contributed by atoms with Crippen LogP contribution in [0.15, 0.2) is 0 Å². The fraction of sp³-hybridized carbons (Fsp3) is 1.00. The minimum Gasteiger partial charge on any atom is -0.393 e. The zero-order chi connectivity index (χ0) is 26.3. The quantitative estimate of drug-likeness (QED) is 0.275. The molecule has 3 unspecified atom stereocenters. The molecule has 4 aliphatic rings. The molecule has 11 atom stereocenters. The second-order valence-corrected chi connectivity index (χ2v) is 14.9. The number of aliphatic hydroxyl groups excluding tert-OH is 2. The first-order chi connectivity index (χ1) is 17.0. The van der Waals surface area contributed by atoms with E-state index >= 15 is 0 Å². The molecule has 4 nitrogen and oxygen atoms in total. The number of fused-ring (bicyclic) bond motifs is 5. The van der Waals surface area contributed by atoms with Gasteiger partial charge in [0.2, 0.25) is 0 Å². The number of hydrogen-bond donors (Lipinski definition) is 4. The van der Waals surface area contributed by atoms with Gasteiger partial charge in [0.25, 0.3) is 0 Å². The van der Waals surface area contributed by atoms with Crippen LogP contribution >= 0.6 is 0 Å². The lowest BCUT2D eigenvalue weighted by Crippen LogP contribution is -2.59. The predicted octanol–water partition coefficient (Wildman–Crippen LogP) is 6.01. The largest absolute Gasteiger partial charge is 0.393 e. The lowest BCUT2D eigenvalue weighted by molar-refractivity contribution is -0.167. The van der Waals surface area contributed by atoms with E-state index in [1.807, 2.05) is 0 Å². The Morgan fingerprint density at radius 3 is 2.22 bits per heavy atom. The molecule has 4 rings (SSSR count). The van der Waals surface area contributed by atoms with Crippen LogP contribution in [0.3, 0.4) is 0 Å². The average molecular weight is 505 g/mol. The Morgan fingerprint density at radius 2 is 1.53 bits per heavy atom. The maximum atomic E-state index is 11.7. The normalized spacial score (nSPS) is 44.2. The summed E-state index contributed by atoms with van der Waals surface area (Å²) in [5, 5.41) is 29.5. The first-order valence-corrected chi connectivity index (χ1v) is 15.8. The lowest BCUT2D eigenvalue weighted by atomic mass is 9.43. The lowest BCUT2D eigenvalue weighted by Gasteiger charge is -2.62. The Bertz CT molecular complexity index is 712. The molecule has 4 heteroatoms. The van der Waals surface area contributed by atoms with Crippen LogP contribution in [-0.4, -0.2) is 47.6 Å². The van der Waals surface area contributed by atoms with Gasteiger partial charge < -0.3 is 20.8 Å². The molecule has 4 saturated carbocycles. The van der Waals surface area contributed by atoms with Crippen molar-refractivity contribution >= 4 is 0 Å². The van der Waals surface area contributed by atoms with Crippen LogP contribution < -0.4 is 10.6 Å². The molecule has 0 bridgehead atoms. The fourth-order valence-corrected chi connectivity index (χ4v) is 9.99. The Hall–Kier alpha value is -0.160. The summed E-state index contributed by atoms with van der Waals surface area (Å²) in [6.07, 6.45) is 12.0. The predicted molar refractivity (Wildman–Crippen MR) is 151 cm³/mol. The van der Waals surface area contributed by atoms with E-state index in [2.05, 4.69) is 59.1 Å². The summed E-state index contributed by atoms with van der Waals surface area (Å²) in [5.74, 6) is 4.32. The van der Waals surface area contributed by atoms with Crippen molar-refractivity contribution in [2.75, 3.05) is 13.1 Å². The summed E-state index contributed by atoms with van der Waals surface area (Å²) >= 11 is 0. The summed E-state index contributed by atoms with van der Waals surface area (Å²) in [6, 6.07) is 1.17. The maximum Gasteiger partial charge on any atom is 0.0577 e. The van der Waals surface area contributed by atoms with Crippen molar-refractivity contribution in [3.8, 4) is 0 Å². The number of aliphatic hydroxyl groups is 2. The molecule has 0 heterocycles. The van der Waals surface area contributed by atoms with Crippen molar-refractivity contribution in [1.82, 2.24) is 10.6 Å². The van der Waals surface area contributed by atoms with Crippen LogP contribution in [0.1, 0.15) is 113 Å². The van der Waals surface area contributed by atoms with Crippen molar-refractivity contribution in [3.05, 3.63) is 0 Å². The highest BCUT2D eigenvalue weighted by molar-refractivity contribution is 5.12.